The summed E-state index contributed by atoms with van der Waals surface area (Å²) in [5, 5.41) is 2.63. The van der Waals surface area contributed by atoms with E-state index < -0.39 is 28.4 Å². The average molecular weight is 491 g/mol. The van der Waals surface area contributed by atoms with E-state index in [4.69, 9.17) is 37.4 Å². The van der Waals surface area contributed by atoms with Gasteiger partial charge in [-0.3, -0.25) is 4.79 Å². The lowest BCUT2D eigenvalue weighted by atomic mass is 10.1. The van der Waals surface area contributed by atoms with E-state index in [1.807, 2.05) is 0 Å². The van der Waals surface area contributed by atoms with Gasteiger partial charge in [-0.05, 0) is 18.2 Å². The Labute approximate surface area is 189 Å². The summed E-state index contributed by atoms with van der Waals surface area (Å²) in [6, 6.07) is 6.69. The lowest BCUT2D eigenvalue weighted by Gasteiger charge is -2.19. The van der Waals surface area contributed by atoms with Crippen molar-refractivity contribution in [2.45, 2.75) is 4.90 Å². The summed E-state index contributed by atoms with van der Waals surface area (Å²) in [6.07, 6.45) is 0. The van der Waals surface area contributed by atoms with Crippen molar-refractivity contribution in [3.05, 3.63) is 45.9 Å². The van der Waals surface area contributed by atoms with Gasteiger partial charge in [-0.1, -0.05) is 23.2 Å². The monoisotopic (exact) mass is 490 g/mol. The van der Waals surface area contributed by atoms with Gasteiger partial charge in [0.1, 0.15) is 4.90 Å². The smallest absolute Gasteiger partial charge is 0.340 e. The normalized spacial score (nSPS) is 11.2. The summed E-state index contributed by atoms with van der Waals surface area (Å²) in [5.74, 6) is -0.960. The van der Waals surface area contributed by atoms with Crippen molar-refractivity contribution in [2.24, 2.45) is 0 Å². The van der Waals surface area contributed by atoms with Gasteiger partial charge >= 0.3 is 5.97 Å². The zero-order valence-electron chi connectivity index (χ0n) is 17.1. The number of benzene rings is 2. The van der Waals surface area contributed by atoms with Crippen LogP contribution in [-0.2, 0) is 19.6 Å². The Balaban J connectivity index is 2.31. The fourth-order valence-electron chi connectivity index (χ4n) is 2.58. The highest BCUT2D eigenvalue weighted by Crippen LogP contribution is 2.34. The Kier molecular flexibility index (Phi) is 8.13. The quantitative estimate of drug-likeness (QED) is 0.565. The number of nitrogens with one attached hydrogen (secondary N) is 1. The van der Waals surface area contributed by atoms with Gasteiger partial charge in [0.2, 0.25) is 15.9 Å². The molecule has 12 heteroatoms. The lowest BCUT2D eigenvalue weighted by Crippen LogP contribution is -2.35. The van der Waals surface area contributed by atoms with E-state index in [-0.39, 0.29) is 37.7 Å². The van der Waals surface area contributed by atoms with Gasteiger partial charge in [-0.25, -0.2) is 13.2 Å². The molecule has 0 aliphatic rings. The molecule has 0 saturated heterocycles. The van der Waals surface area contributed by atoms with Crippen LogP contribution in [0.4, 0.5) is 5.69 Å². The minimum Gasteiger partial charge on any atom is -0.493 e. The topological polar surface area (TPSA) is 111 Å². The summed E-state index contributed by atoms with van der Waals surface area (Å²) in [7, 11) is 1.05. The molecule has 0 unspecified atom stereocenters. The maximum absolute atomic E-state index is 12.8. The van der Waals surface area contributed by atoms with Crippen molar-refractivity contribution >= 4 is 50.8 Å². The van der Waals surface area contributed by atoms with Crippen LogP contribution in [0.3, 0.4) is 0 Å². The summed E-state index contributed by atoms with van der Waals surface area (Å²) in [4.78, 5) is 24.4. The number of halogens is 2. The molecule has 0 bridgehead atoms. The molecule has 0 atom stereocenters. The fraction of sp³-hybridized carbons (Fsp3) is 0.263. The van der Waals surface area contributed by atoms with Crippen molar-refractivity contribution in [1.29, 1.82) is 0 Å². The van der Waals surface area contributed by atoms with Crippen molar-refractivity contribution in [3.63, 3.8) is 0 Å². The first-order chi connectivity index (χ1) is 14.5. The average Bonchev–Trinajstić information content (AvgIpc) is 2.74. The summed E-state index contributed by atoms with van der Waals surface area (Å²) in [5.41, 5.74) is 0.0537. The first-order valence-corrected chi connectivity index (χ1v) is 10.8. The van der Waals surface area contributed by atoms with E-state index in [0.29, 0.717) is 0 Å². The second-order valence-electron chi connectivity index (χ2n) is 6.13. The second kappa shape index (κ2) is 10.2. The number of hydrogen-bond acceptors (Lipinski definition) is 7. The molecular weight excluding hydrogens is 471 g/mol. The summed E-state index contributed by atoms with van der Waals surface area (Å²) >= 11 is 11.9. The van der Waals surface area contributed by atoms with Crippen molar-refractivity contribution < 1.29 is 32.2 Å². The molecule has 0 spiro atoms. The molecule has 1 N–H and O–H groups in total. The van der Waals surface area contributed by atoms with Gasteiger partial charge in [-0.15, -0.1) is 0 Å². The molecule has 0 aromatic heterocycles. The first kappa shape index (κ1) is 24.7. The molecule has 0 fully saturated rings. The van der Waals surface area contributed by atoms with Crippen LogP contribution in [0.25, 0.3) is 0 Å². The number of sulfonamides is 1. The number of hydrogen-bond donors (Lipinski definition) is 1. The van der Waals surface area contributed by atoms with Gasteiger partial charge in [0.05, 0.1) is 44.1 Å². The molecule has 0 heterocycles. The highest BCUT2D eigenvalue weighted by atomic mass is 35.5. The maximum atomic E-state index is 12.8. The highest BCUT2D eigenvalue weighted by molar-refractivity contribution is 7.89. The van der Waals surface area contributed by atoms with Gasteiger partial charge in [-0.2, -0.15) is 4.31 Å². The number of methoxy groups -OCH3 is 3. The predicted octanol–water partition coefficient (Wildman–Crippen LogP) is 3.06. The molecule has 168 valence electrons. The Morgan fingerprint density at radius 1 is 1.03 bits per heavy atom. The number of anilines is 1. The Morgan fingerprint density at radius 3 is 2.23 bits per heavy atom. The molecule has 0 aliphatic heterocycles. The summed E-state index contributed by atoms with van der Waals surface area (Å²) < 4.78 is 41.5. The van der Waals surface area contributed by atoms with Crippen LogP contribution in [0.15, 0.2) is 35.2 Å². The van der Waals surface area contributed by atoms with E-state index in [1.54, 1.807) is 0 Å². The van der Waals surface area contributed by atoms with Gasteiger partial charge < -0.3 is 19.5 Å². The molecule has 2 aromatic carbocycles. The zero-order chi connectivity index (χ0) is 23.3. The van der Waals surface area contributed by atoms with Gasteiger partial charge in [0.25, 0.3) is 0 Å². The van der Waals surface area contributed by atoms with E-state index in [0.717, 1.165) is 4.31 Å². The number of nitrogens with zero attached hydrogens (tertiary/aromatic N) is 1. The molecule has 1 amide bonds. The second-order valence-corrected chi connectivity index (χ2v) is 8.99. The number of ether oxygens (including phenoxy) is 3. The SMILES string of the molecule is COC(=O)c1cc(OC)c(OC)cc1NC(=O)CN(C)S(=O)(=O)c1cc(Cl)ccc1Cl. The Hall–Kier alpha value is -2.53. The number of likely N-dealkylation sites (N-methyl/N-ethyl adjacent to an activating group) is 1. The van der Waals surface area contributed by atoms with E-state index in [9.17, 15) is 18.0 Å². The van der Waals surface area contributed by atoms with Crippen LogP contribution in [0, 0.1) is 0 Å². The molecule has 2 rings (SSSR count). The number of esters is 1. The van der Waals surface area contributed by atoms with Gasteiger partial charge in [0, 0.05) is 24.2 Å². The minimum atomic E-state index is -4.11. The van der Waals surface area contributed by atoms with Crippen molar-refractivity contribution in [3.8, 4) is 11.5 Å². The minimum absolute atomic E-state index is 0.00287. The molecule has 31 heavy (non-hydrogen) atoms. The van der Waals surface area contributed by atoms with Crippen LogP contribution in [0.5, 0.6) is 11.5 Å². The molecule has 9 nitrogen and oxygen atoms in total. The third kappa shape index (κ3) is 5.59. The third-order valence-corrected chi connectivity index (χ3v) is 6.67. The number of carbonyl (C=O) groups excluding carboxylic acids is 2. The molecule has 0 radical (unpaired) electrons. The lowest BCUT2D eigenvalue weighted by molar-refractivity contribution is -0.116. The number of rotatable bonds is 8. The van der Waals surface area contributed by atoms with Crippen molar-refractivity contribution in [2.75, 3.05) is 40.2 Å². The van der Waals surface area contributed by atoms with Gasteiger partial charge in [0.15, 0.2) is 11.5 Å². The zero-order valence-corrected chi connectivity index (χ0v) is 19.4. The van der Waals surface area contributed by atoms with Crippen LogP contribution >= 0.6 is 23.2 Å². The van der Waals surface area contributed by atoms with E-state index >= 15 is 0 Å². The Bertz CT molecular complexity index is 1110. The standard InChI is InChI=1S/C19H20Cl2N2O7S/c1-23(31(26,27)17-7-11(20)5-6-13(17)21)10-18(24)22-14-9-16(29-3)15(28-2)8-12(14)19(25)30-4/h5-9H,10H2,1-4H3,(H,22,24). The Morgan fingerprint density at radius 2 is 1.65 bits per heavy atom. The largest absolute Gasteiger partial charge is 0.493 e. The third-order valence-electron chi connectivity index (χ3n) is 4.15. The molecule has 0 saturated carbocycles. The molecular formula is C19H20Cl2N2O7S. The van der Waals surface area contributed by atoms with Crippen molar-refractivity contribution in [1.82, 2.24) is 4.31 Å². The highest BCUT2D eigenvalue weighted by Gasteiger charge is 2.27. The number of carbonyl (C=O) groups is 2. The molecule has 2 aromatic rings. The summed E-state index contributed by atoms with van der Waals surface area (Å²) in [6.45, 7) is -0.569. The fourth-order valence-corrected chi connectivity index (χ4v) is 4.44. The molecule has 0 aliphatic carbocycles. The van der Waals surface area contributed by atoms with Crippen LogP contribution in [0.2, 0.25) is 10.0 Å². The predicted molar refractivity (Wildman–Crippen MR) is 116 cm³/mol. The van der Waals surface area contributed by atoms with Crippen LogP contribution in [0.1, 0.15) is 10.4 Å². The first-order valence-electron chi connectivity index (χ1n) is 8.60. The van der Waals surface area contributed by atoms with E-state index in [2.05, 4.69) is 5.32 Å². The van der Waals surface area contributed by atoms with Crippen LogP contribution < -0.4 is 14.8 Å². The number of amides is 1. The maximum Gasteiger partial charge on any atom is 0.340 e. The van der Waals surface area contributed by atoms with E-state index in [1.165, 1.54) is 58.7 Å². The van der Waals surface area contributed by atoms with Crippen LogP contribution in [-0.4, -0.2) is 59.5 Å².